The third-order valence-corrected chi connectivity index (χ3v) is 2.13. The fraction of sp³-hybridized carbons (Fsp3) is 0.273. The van der Waals surface area contributed by atoms with Crippen molar-refractivity contribution >= 4 is 13.2 Å². The van der Waals surface area contributed by atoms with E-state index in [2.05, 4.69) is 24.3 Å². The molecule has 0 saturated carbocycles. The highest BCUT2D eigenvalue weighted by Gasteiger charge is 2.21. The monoisotopic (exact) mass is 188 g/mol. The maximum absolute atomic E-state index is 5.32. The summed E-state index contributed by atoms with van der Waals surface area (Å²) in [5.74, 6) is 0. The van der Waals surface area contributed by atoms with Crippen LogP contribution in [-0.2, 0) is 9.31 Å². The molecule has 0 spiro atoms. The fourth-order valence-electron chi connectivity index (χ4n) is 1.42. The number of allylic oxidation sites excluding steroid dienone is 1. The number of hydrogen-bond donors (Lipinski definition) is 0. The van der Waals surface area contributed by atoms with E-state index in [9.17, 15) is 0 Å². The SMILES string of the molecule is C(=C\c1ccccc1)/CB1OCCO1. The lowest BCUT2D eigenvalue weighted by atomic mass is 9.85. The van der Waals surface area contributed by atoms with Gasteiger partial charge in [-0.3, -0.25) is 0 Å². The maximum atomic E-state index is 5.32. The summed E-state index contributed by atoms with van der Waals surface area (Å²) in [5, 5.41) is 0. The van der Waals surface area contributed by atoms with Crippen LogP contribution in [0.2, 0.25) is 6.32 Å². The highest BCUT2D eigenvalue weighted by molar-refractivity contribution is 6.45. The lowest BCUT2D eigenvalue weighted by Gasteiger charge is -1.97. The van der Waals surface area contributed by atoms with Crippen molar-refractivity contribution in [3.05, 3.63) is 42.0 Å². The number of benzene rings is 1. The third kappa shape index (κ3) is 2.72. The molecule has 0 atom stereocenters. The minimum Gasteiger partial charge on any atom is -0.409 e. The number of rotatable bonds is 3. The fourth-order valence-corrected chi connectivity index (χ4v) is 1.42. The first kappa shape index (κ1) is 9.50. The normalized spacial score (nSPS) is 16.7. The van der Waals surface area contributed by atoms with Gasteiger partial charge in [0.25, 0.3) is 0 Å². The smallest absolute Gasteiger partial charge is 0.409 e. The molecule has 0 unspecified atom stereocenters. The second kappa shape index (κ2) is 4.98. The quantitative estimate of drug-likeness (QED) is 0.677. The van der Waals surface area contributed by atoms with Gasteiger partial charge in [-0.15, -0.1) is 0 Å². The van der Waals surface area contributed by atoms with Crippen molar-refractivity contribution in [3.63, 3.8) is 0 Å². The highest BCUT2D eigenvalue weighted by atomic mass is 16.6. The molecule has 1 aromatic carbocycles. The Morgan fingerprint density at radius 2 is 1.86 bits per heavy atom. The molecule has 0 bridgehead atoms. The van der Waals surface area contributed by atoms with Crippen LogP contribution in [0.1, 0.15) is 5.56 Å². The largest absolute Gasteiger partial charge is 0.461 e. The van der Waals surface area contributed by atoms with Crippen LogP contribution in [0.5, 0.6) is 0 Å². The van der Waals surface area contributed by atoms with Crippen LogP contribution in [0.25, 0.3) is 6.08 Å². The van der Waals surface area contributed by atoms with Crippen molar-refractivity contribution < 1.29 is 9.31 Å². The molecule has 2 nitrogen and oxygen atoms in total. The Morgan fingerprint density at radius 1 is 1.14 bits per heavy atom. The van der Waals surface area contributed by atoms with Gasteiger partial charge in [-0.1, -0.05) is 42.5 Å². The molecule has 3 heteroatoms. The summed E-state index contributed by atoms with van der Waals surface area (Å²) >= 11 is 0. The van der Waals surface area contributed by atoms with Crippen LogP contribution in [0.4, 0.5) is 0 Å². The molecule has 1 fully saturated rings. The average molecular weight is 188 g/mol. The van der Waals surface area contributed by atoms with Crippen molar-refractivity contribution in [2.24, 2.45) is 0 Å². The van der Waals surface area contributed by atoms with Crippen LogP contribution in [0.15, 0.2) is 36.4 Å². The van der Waals surface area contributed by atoms with E-state index in [0.29, 0.717) is 0 Å². The van der Waals surface area contributed by atoms with Gasteiger partial charge in [-0.25, -0.2) is 0 Å². The molecule has 0 amide bonds. The Balaban J connectivity index is 1.82. The standard InChI is InChI=1S/C11H13BO2/c1-2-5-11(6-3-1)7-4-8-12-13-9-10-14-12/h1-7H,8-10H2/b7-4+. The Kier molecular flexibility index (Phi) is 3.38. The van der Waals surface area contributed by atoms with Crippen LogP contribution >= 0.6 is 0 Å². The van der Waals surface area contributed by atoms with Crippen molar-refractivity contribution in [2.45, 2.75) is 6.32 Å². The molecule has 0 aliphatic carbocycles. The molecule has 72 valence electrons. The van der Waals surface area contributed by atoms with Gasteiger partial charge < -0.3 is 9.31 Å². The van der Waals surface area contributed by atoms with Crippen molar-refractivity contribution in [1.29, 1.82) is 0 Å². The van der Waals surface area contributed by atoms with Gasteiger partial charge >= 0.3 is 7.12 Å². The Labute approximate surface area is 84.7 Å². The van der Waals surface area contributed by atoms with Gasteiger partial charge in [-0.2, -0.15) is 0 Å². The Hall–Kier alpha value is -1.06. The Bertz CT molecular complexity index is 291. The summed E-state index contributed by atoms with van der Waals surface area (Å²) in [7, 11) is -0.0324. The van der Waals surface area contributed by atoms with Gasteiger partial charge in [0.05, 0.1) is 13.2 Å². The van der Waals surface area contributed by atoms with Crippen molar-refractivity contribution in [1.82, 2.24) is 0 Å². The van der Waals surface area contributed by atoms with Gasteiger partial charge in [0.15, 0.2) is 0 Å². The molecule has 0 aromatic heterocycles. The summed E-state index contributed by atoms with van der Waals surface area (Å²) in [4.78, 5) is 0. The molecular formula is C11H13BO2. The first-order valence-corrected chi connectivity index (χ1v) is 4.90. The van der Waals surface area contributed by atoms with E-state index in [1.165, 1.54) is 5.56 Å². The first-order chi connectivity index (χ1) is 6.95. The van der Waals surface area contributed by atoms with E-state index in [4.69, 9.17) is 9.31 Å². The summed E-state index contributed by atoms with van der Waals surface area (Å²) in [5.41, 5.74) is 1.21. The highest BCUT2D eigenvalue weighted by Crippen LogP contribution is 2.07. The minimum atomic E-state index is -0.0324. The van der Waals surface area contributed by atoms with E-state index < -0.39 is 0 Å². The molecule has 0 N–H and O–H groups in total. The summed E-state index contributed by atoms with van der Waals surface area (Å²) in [6, 6.07) is 10.2. The van der Waals surface area contributed by atoms with E-state index in [0.717, 1.165) is 19.5 Å². The van der Waals surface area contributed by atoms with E-state index in [1.807, 2.05) is 18.2 Å². The van der Waals surface area contributed by atoms with Crippen LogP contribution < -0.4 is 0 Å². The van der Waals surface area contributed by atoms with Crippen LogP contribution in [0.3, 0.4) is 0 Å². The molecule has 1 saturated heterocycles. The minimum absolute atomic E-state index is 0.0324. The van der Waals surface area contributed by atoms with E-state index in [1.54, 1.807) is 0 Å². The molecule has 2 rings (SSSR count). The summed E-state index contributed by atoms with van der Waals surface area (Å²) in [6.07, 6.45) is 5.01. The molecule has 1 aromatic rings. The zero-order valence-electron chi connectivity index (χ0n) is 8.06. The van der Waals surface area contributed by atoms with Gasteiger partial charge in [0.1, 0.15) is 0 Å². The van der Waals surface area contributed by atoms with Crippen molar-refractivity contribution in [3.8, 4) is 0 Å². The second-order valence-corrected chi connectivity index (χ2v) is 3.22. The van der Waals surface area contributed by atoms with E-state index >= 15 is 0 Å². The van der Waals surface area contributed by atoms with E-state index in [-0.39, 0.29) is 7.12 Å². The lowest BCUT2D eigenvalue weighted by Crippen LogP contribution is -2.11. The zero-order chi connectivity index (χ0) is 9.64. The summed E-state index contributed by atoms with van der Waals surface area (Å²) < 4.78 is 10.6. The van der Waals surface area contributed by atoms with Gasteiger partial charge in [0.2, 0.25) is 0 Å². The van der Waals surface area contributed by atoms with Crippen LogP contribution in [0, 0.1) is 0 Å². The number of hydrogen-bond acceptors (Lipinski definition) is 2. The zero-order valence-corrected chi connectivity index (χ0v) is 8.06. The molecule has 1 aliphatic rings. The second-order valence-electron chi connectivity index (χ2n) is 3.22. The molecule has 14 heavy (non-hydrogen) atoms. The molecule has 0 radical (unpaired) electrons. The molecular weight excluding hydrogens is 175 g/mol. The lowest BCUT2D eigenvalue weighted by molar-refractivity contribution is 0.365. The van der Waals surface area contributed by atoms with Gasteiger partial charge in [-0.05, 0) is 5.56 Å². The summed E-state index contributed by atoms with van der Waals surface area (Å²) in [6.45, 7) is 1.45. The third-order valence-electron chi connectivity index (χ3n) is 2.13. The average Bonchev–Trinajstić information content (AvgIpc) is 2.72. The predicted octanol–water partition coefficient (Wildman–Crippen LogP) is 2.23. The van der Waals surface area contributed by atoms with Crippen molar-refractivity contribution in [2.75, 3.05) is 13.2 Å². The topological polar surface area (TPSA) is 18.5 Å². The Morgan fingerprint density at radius 3 is 2.57 bits per heavy atom. The van der Waals surface area contributed by atoms with Gasteiger partial charge in [0, 0.05) is 6.32 Å². The van der Waals surface area contributed by atoms with Crippen LogP contribution in [-0.4, -0.2) is 20.3 Å². The molecule has 1 aliphatic heterocycles. The predicted molar refractivity (Wildman–Crippen MR) is 57.9 cm³/mol. The first-order valence-electron chi connectivity index (χ1n) is 4.90. The molecule has 1 heterocycles. The maximum Gasteiger partial charge on any atom is 0.461 e.